The van der Waals surface area contributed by atoms with E-state index < -0.39 is 0 Å². The number of nitrogens with zero attached hydrogens (tertiary/aromatic N) is 7. The maximum Gasteiger partial charge on any atom is 0.266 e. The smallest absolute Gasteiger partial charge is 0.266 e. The molecule has 0 saturated carbocycles. The van der Waals surface area contributed by atoms with Crippen LogP contribution in [0, 0.1) is 0 Å². The Balaban J connectivity index is 0.000000213. The lowest BCUT2D eigenvalue weighted by Gasteiger charge is -2.08. The van der Waals surface area contributed by atoms with Crippen LogP contribution in [0.4, 0.5) is 0 Å². The molecule has 1 aliphatic heterocycles. The number of allylic oxidation sites excluding steroid dienone is 1. The minimum absolute atomic E-state index is 0.0527. The normalized spacial score (nSPS) is 11.2. The second kappa shape index (κ2) is 13.8. The van der Waals surface area contributed by atoms with Gasteiger partial charge in [0.15, 0.2) is 10.9 Å². The van der Waals surface area contributed by atoms with Crippen molar-refractivity contribution in [2.45, 2.75) is 0 Å². The molecule has 0 spiro atoms. The SMILES string of the molecule is C=C1C=CN(C)C=N1.Cn1ccc(=O)cc1.Cn1ccc(=O)cn1.Cn1ncccc1=O. The van der Waals surface area contributed by atoms with Crippen LogP contribution < -0.4 is 16.4 Å². The molecule has 0 aromatic carbocycles. The van der Waals surface area contributed by atoms with Crippen LogP contribution in [0.15, 0.2) is 105 Å². The van der Waals surface area contributed by atoms with Gasteiger partial charge in [0.2, 0.25) is 0 Å². The zero-order valence-electron chi connectivity index (χ0n) is 18.6. The van der Waals surface area contributed by atoms with Crippen LogP contribution in [0.25, 0.3) is 0 Å². The fraction of sp³-hybridized carbons (Fsp3) is 0.182. The van der Waals surface area contributed by atoms with Crippen LogP contribution >= 0.6 is 0 Å². The highest BCUT2D eigenvalue weighted by molar-refractivity contribution is 5.60. The number of hydrogen-bond acceptors (Lipinski definition) is 7. The highest BCUT2D eigenvalue weighted by Gasteiger charge is 1.90. The lowest BCUT2D eigenvalue weighted by molar-refractivity contribution is 0.701. The Bertz CT molecular complexity index is 1110. The lowest BCUT2D eigenvalue weighted by atomic mass is 10.4. The maximum absolute atomic E-state index is 10.5. The van der Waals surface area contributed by atoms with E-state index in [1.807, 2.05) is 35.8 Å². The molecule has 0 atom stereocenters. The van der Waals surface area contributed by atoms with Crippen molar-refractivity contribution in [2.75, 3.05) is 7.05 Å². The van der Waals surface area contributed by atoms with Crippen molar-refractivity contribution in [1.29, 1.82) is 0 Å². The minimum Gasteiger partial charge on any atom is -0.357 e. The van der Waals surface area contributed by atoms with Crippen LogP contribution in [-0.4, -0.2) is 42.4 Å². The molecule has 0 amide bonds. The second-order valence-electron chi connectivity index (χ2n) is 6.44. The first-order chi connectivity index (χ1) is 15.2. The Morgan fingerprint density at radius 1 is 0.844 bits per heavy atom. The Labute approximate surface area is 185 Å². The minimum atomic E-state index is -0.0764. The van der Waals surface area contributed by atoms with Gasteiger partial charge in [-0.1, -0.05) is 6.58 Å². The van der Waals surface area contributed by atoms with E-state index in [1.54, 1.807) is 56.0 Å². The Kier molecular flexibility index (Phi) is 11.1. The third-order valence-corrected chi connectivity index (χ3v) is 3.56. The zero-order chi connectivity index (χ0) is 23.9. The topological polar surface area (TPSA) is 107 Å². The van der Waals surface area contributed by atoms with Crippen molar-refractivity contribution in [3.63, 3.8) is 0 Å². The largest absolute Gasteiger partial charge is 0.357 e. The van der Waals surface area contributed by atoms with Gasteiger partial charge in [0, 0.05) is 83.4 Å². The van der Waals surface area contributed by atoms with Gasteiger partial charge in [-0.25, -0.2) is 9.67 Å². The van der Waals surface area contributed by atoms with Crippen molar-refractivity contribution in [2.24, 2.45) is 26.1 Å². The number of aromatic nitrogens is 5. The van der Waals surface area contributed by atoms with E-state index in [0.29, 0.717) is 0 Å². The van der Waals surface area contributed by atoms with Crippen LogP contribution in [0.2, 0.25) is 0 Å². The van der Waals surface area contributed by atoms with Gasteiger partial charge in [-0.3, -0.25) is 19.1 Å². The molecular weight excluding hydrogens is 410 g/mol. The van der Waals surface area contributed by atoms with Gasteiger partial charge >= 0.3 is 0 Å². The third-order valence-electron chi connectivity index (χ3n) is 3.56. The van der Waals surface area contributed by atoms with Gasteiger partial charge in [0.05, 0.1) is 18.2 Å². The fourth-order valence-electron chi connectivity index (χ4n) is 1.78. The summed E-state index contributed by atoms with van der Waals surface area (Å²) in [6, 6.07) is 7.60. The molecule has 0 N–H and O–H groups in total. The van der Waals surface area contributed by atoms with Crippen molar-refractivity contribution in [3.8, 4) is 0 Å². The molecule has 10 nitrogen and oxygen atoms in total. The Morgan fingerprint density at radius 2 is 1.50 bits per heavy atom. The average Bonchev–Trinajstić information content (AvgIpc) is 2.78. The van der Waals surface area contributed by atoms with E-state index in [-0.39, 0.29) is 16.4 Å². The van der Waals surface area contributed by atoms with Gasteiger partial charge in [-0.2, -0.15) is 10.2 Å². The summed E-state index contributed by atoms with van der Waals surface area (Å²) in [4.78, 5) is 37.1. The summed E-state index contributed by atoms with van der Waals surface area (Å²) in [5.74, 6) is 0. The van der Waals surface area contributed by atoms with Crippen molar-refractivity contribution >= 4 is 6.34 Å². The summed E-state index contributed by atoms with van der Waals surface area (Å²) in [7, 11) is 7.17. The highest BCUT2D eigenvalue weighted by atomic mass is 16.1. The number of hydrogen-bond donors (Lipinski definition) is 0. The van der Waals surface area contributed by atoms with E-state index in [9.17, 15) is 14.4 Å². The second-order valence-corrected chi connectivity index (χ2v) is 6.44. The summed E-state index contributed by atoms with van der Waals surface area (Å²) in [6.45, 7) is 3.64. The molecular formula is C22H27N7O3. The zero-order valence-corrected chi connectivity index (χ0v) is 18.6. The number of rotatable bonds is 0. The number of pyridine rings is 1. The van der Waals surface area contributed by atoms with Gasteiger partial charge in [0.1, 0.15) is 0 Å². The average molecular weight is 438 g/mol. The first kappa shape index (κ1) is 25.7. The molecule has 10 heteroatoms. The molecule has 0 fully saturated rings. The van der Waals surface area contributed by atoms with Gasteiger partial charge in [-0.15, -0.1) is 0 Å². The molecule has 168 valence electrons. The van der Waals surface area contributed by atoms with Crippen LogP contribution in [0.1, 0.15) is 0 Å². The third kappa shape index (κ3) is 11.6. The maximum atomic E-state index is 10.5. The van der Waals surface area contributed by atoms with E-state index in [0.717, 1.165) is 5.70 Å². The fourth-order valence-corrected chi connectivity index (χ4v) is 1.78. The molecule has 32 heavy (non-hydrogen) atoms. The van der Waals surface area contributed by atoms with E-state index in [2.05, 4.69) is 21.8 Å². The van der Waals surface area contributed by atoms with E-state index in [1.165, 1.54) is 35.1 Å². The molecule has 3 aromatic heterocycles. The van der Waals surface area contributed by atoms with Crippen molar-refractivity contribution in [1.82, 2.24) is 29.0 Å². The molecule has 0 unspecified atom stereocenters. The molecule has 0 saturated heterocycles. The van der Waals surface area contributed by atoms with Crippen LogP contribution in [0.5, 0.6) is 0 Å². The molecule has 4 rings (SSSR count). The molecule has 3 aromatic rings. The molecule has 0 aliphatic carbocycles. The molecule has 1 aliphatic rings. The highest BCUT2D eigenvalue weighted by Crippen LogP contribution is 1.99. The van der Waals surface area contributed by atoms with Gasteiger partial charge in [-0.05, 0) is 12.1 Å². The predicted octanol–water partition coefficient (Wildman–Crippen LogP) is 0.933. The standard InChI is InChI=1S/C6H8N2.C6H7NO.2C5H6N2O/c1-6-3-4-8(2)5-7-6;1-7-4-2-6(8)3-5-7;1-7-3-2-5(8)4-6-7;1-7-5(8)3-2-4-6-7/h3-5H,1H2,2H3;2-5H,1H3;2*2-4H,1H3. The van der Waals surface area contributed by atoms with Crippen molar-refractivity contribution in [3.05, 3.63) is 117 Å². The summed E-state index contributed by atoms with van der Waals surface area (Å²) < 4.78 is 4.67. The summed E-state index contributed by atoms with van der Waals surface area (Å²) in [6.07, 6.45) is 13.4. The first-order valence-corrected chi connectivity index (χ1v) is 9.40. The predicted molar refractivity (Wildman–Crippen MR) is 125 cm³/mol. The van der Waals surface area contributed by atoms with E-state index >= 15 is 0 Å². The Hall–Kier alpha value is -4.34. The lowest BCUT2D eigenvalue weighted by Crippen LogP contribution is -2.16. The molecule has 4 heterocycles. The Morgan fingerprint density at radius 3 is 1.88 bits per heavy atom. The summed E-state index contributed by atoms with van der Waals surface area (Å²) in [5.41, 5.74) is 0.738. The van der Waals surface area contributed by atoms with Crippen LogP contribution in [0.3, 0.4) is 0 Å². The summed E-state index contributed by atoms with van der Waals surface area (Å²) in [5, 5.41) is 7.37. The summed E-state index contributed by atoms with van der Waals surface area (Å²) >= 11 is 0. The van der Waals surface area contributed by atoms with Gasteiger partial charge < -0.3 is 9.47 Å². The van der Waals surface area contributed by atoms with Crippen LogP contribution in [-0.2, 0) is 21.1 Å². The van der Waals surface area contributed by atoms with E-state index in [4.69, 9.17) is 0 Å². The monoisotopic (exact) mass is 437 g/mol. The molecule has 0 radical (unpaired) electrons. The van der Waals surface area contributed by atoms with Crippen molar-refractivity contribution < 1.29 is 0 Å². The number of aryl methyl sites for hydroxylation is 3. The van der Waals surface area contributed by atoms with Gasteiger partial charge in [0.25, 0.3) is 5.56 Å². The number of aliphatic imine (C=N–C) groups is 1. The quantitative estimate of drug-likeness (QED) is 0.518. The first-order valence-electron chi connectivity index (χ1n) is 9.40. The molecule has 0 bridgehead atoms.